The van der Waals surface area contributed by atoms with E-state index in [1.54, 1.807) is 6.92 Å². The van der Waals surface area contributed by atoms with Crippen LogP contribution in [0, 0.1) is 129 Å². The summed E-state index contributed by atoms with van der Waals surface area (Å²) in [6, 6.07) is 0. The van der Waals surface area contributed by atoms with Crippen LogP contribution in [0.1, 0.15) is 197 Å². The van der Waals surface area contributed by atoms with Gasteiger partial charge in [-0.1, -0.05) is 65.3 Å². The minimum absolute atomic E-state index is 0. The quantitative estimate of drug-likeness (QED) is 0.145. The predicted molar refractivity (Wildman–Crippen MR) is 269 cm³/mol. The van der Waals surface area contributed by atoms with Gasteiger partial charge in [-0.05, 0) is 236 Å². The molecule has 0 aromatic carbocycles. The minimum Gasteiger partial charge on any atom is -0.481 e. The first-order valence-corrected chi connectivity index (χ1v) is 25.4. The average Bonchev–Trinajstić information content (AvgIpc) is 4.05. The Morgan fingerprint density at radius 1 is 0.485 bits per heavy atom. The molecule has 1 N–H and O–H groups in total. The molecule has 0 spiro atoms. The number of carbonyl (C=O) groups is 4. The van der Waals surface area contributed by atoms with E-state index in [1.807, 2.05) is 27.7 Å². The van der Waals surface area contributed by atoms with E-state index < -0.39 is 16.8 Å². The average molecular weight is 929 g/mol. The Morgan fingerprint density at radius 2 is 0.818 bits per heavy atom. The number of carbonyl (C=O) groups excluding carboxylic acids is 3. The van der Waals surface area contributed by atoms with Gasteiger partial charge < -0.3 is 19.3 Å². The van der Waals surface area contributed by atoms with Crippen molar-refractivity contribution >= 4 is 23.9 Å². The third-order valence-electron chi connectivity index (χ3n) is 20.8. The zero-order valence-electron chi connectivity index (χ0n) is 38.6. The topological polar surface area (TPSA) is 116 Å². The molecule has 384 valence electrons. The Balaban J connectivity index is 0.000000582. The van der Waals surface area contributed by atoms with Gasteiger partial charge in [0.25, 0.3) is 5.97 Å². The second-order valence-electron chi connectivity index (χ2n) is 23.5. The van der Waals surface area contributed by atoms with Crippen LogP contribution >= 0.6 is 0 Å². The van der Waals surface area contributed by atoms with Gasteiger partial charge in [-0.25, -0.2) is 0 Å². The first-order chi connectivity index (χ1) is 28.6. The lowest BCUT2D eigenvalue weighted by Gasteiger charge is -2.47. The van der Waals surface area contributed by atoms with Gasteiger partial charge >= 0.3 is 17.9 Å². The highest BCUT2D eigenvalue weighted by Crippen LogP contribution is 2.78. The molecule has 0 aromatic heterocycles. The van der Waals surface area contributed by atoms with Crippen molar-refractivity contribution in [2.24, 2.45) is 129 Å². The Morgan fingerprint density at radius 3 is 1.14 bits per heavy atom. The first kappa shape index (κ1) is 58.2. The van der Waals surface area contributed by atoms with Gasteiger partial charge in [-0.3, -0.25) is 19.2 Å². The molecule has 23 unspecified atom stereocenters. The molecule has 12 fully saturated rings. The summed E-state index contributed by atoms with van der Waals surface area (Å²) in [7, 11) is 0. The Labute approximate surface area is 405 Å². The number of carboxylic acid groups (broad SMARTS) is 1. The summed E-state index contributed by atoms with van der Waals surface area (Å²) in [5.74, 6) is 17.3. The normalized spacial score (nSPS) is 45.1. The molecule has 8 nitrogen and oxygen atoms in total. The van der Waals surface area contributed by atoms with E-state index in [-0.39, 0.29) is 74.7 Å². The van der Waals surface area contributed by atoms with E-state index in [2.05, 4.69) is 18.6 Å². The maximum absolute atomic E-state index is 14.2. The van der Waals surface area contributed by atoms with Crippen LogP contribution in [-0.2, 0) is 33.4 Å². The highest BCUT2D eigenvalue weighted by molar-refractivity contribution is 5.80. The van der Waals surface area contributed by atoms with E-state index in [0.717, 1.165) is 126 Å². The van der Waals surface area contributed by atoms with Gasteiger partial charge in [-0.15, -0.1) is 0 Å². The molecule has 8 heteroatoms. The van der Waals surface area contributed by atoms with Crippen LogP contribution in [0.4, 0.5) is 0 Å². The second-order valence-corrected chi connectivity index (χ2v) is 23.5. The summed E-state index contributed by atoms with van der Waals surface area (Å²) in [5, 5.41) is 7.42. The molecule has 12 rings (SSSR count). The van der Waals surface area contributed by atoms with Crippen molar-refractivity contribution in [3.8, 4) is 0 Å². The van der Waals surface area contributed by atoms with Gasteiger partial charge in [0.2, 0.25) is 0 Å². The lowest BCUT2D eigenvalue weighted by molar-refractivity contribution is -0.174. The minimum atomic E-state index is -0.833. The van der Waals surface area contributed by atoms with Gasteiger partial charge in [0.05, 0.1) is 17.4 Å². The van der Waals surface area contributed by atoms with Crippen LogP contribution in [0.5, 0.6) is 0 Å². The van der Waals surface area contributed by atoms with Crippen LogP contribution in [0.2, 0.25) is 0 Å². The van der Waals surface area contributed by atoms with Gasteiger partial charge in [0, 0.05) is 13.8 Å². The number of ether oxygens (including phenoxy) is 3. The zero-order valence-corrected chi connectivity index (χ0v) is 38.6. The van der Waals surface area contributed by atoms with Gasteiger partial charge in [-0.2, -0.15) is 0 Å². The molecular formula is C58H104O8. The first-order valence-electron chi connectivity index (χ1n) is 25.4. The monoisotopic (exact) mass is 929 g/mol. The SMILES string of the molecule is C.C.C.C.C.C.CC.CC(=O)O.CCC(C)(CC(C)(C)C(=O)OC1CC2CC1C1C3CC(C4C5CCC(C5)C34)C21)C(=O)OC1CC2CC1C1C3CC(C4C5CCC(C5)C34)C21.CCOC(C)=O. The van der Waals surface area contributed by atoms with Gasteiger partial charge in [0.15, 0.2) is 0 Å². The summed E-state index contributed by atoms with van der Waals surface area (Å²) in [4.78, 5) is 47.1. The Bertz CT molecular complexity index is 1670. The summed E-state index contributed by atoms with van der Waals surface area (Å²) < 4.78 is 17.6. The predicted octanol–water partition coefficient (Wildman–Crippen LogP) is 14.3. The lowest BCUT2D eigenvalue weighted by atomic mass is 9.59. The van der Waals surface area contributed by atoms with Crippen molar-refractivity contribution in [2.45, 2.75) is 209 Å². The van der Waals surface area contributed by atoms with Crippen molar-refractivity contribution in [2.75, 3.05) is 6.61 Å². The molecule has 12 bridgehead atoms. The van der Waals surface area contributed by atoms with Crippen molar-refractivity contribution in [1.82, 2.24) is 0 Å². The molecule has 12 aliphatic rings. The fourth-order valence-corrected chi connectivity index (χ4v) is 19.9. The summed E-state index contributed by atoms with van der Waals surface area (Å²) in [6.07, 6.45) is 18.4. The third kappa shape index (κ3) is 8.97. The second kappa shape index (κ2) is 21.5. The van der Waals surface area contributed by atoms with Crippen LogP contribution in [0.3, 0.4) is 0 Å². The molecule has 0 aromatic rings. The number of fused-ring (bicyclic) bond motifs is 32. The highest BCUT2D eigenvalue weighted by atomic mass is 16.6. The standard InChI is InChI=1S/C44H62O4.C4H8O2.C2H4O2.C2H6.6CH4/c1-5-44(4,42(46)48-32-15-24-13-26(32)40-30-17-28(38(24)40)34-20-7-9-22(11-20)36(30)34)18-43(2,3)41(45)47-31-14-23-12-25(31)39-29-16-27(37(23)39)33-19-6-8-21(10-19)35(29)33;1-3-6-4(2)5;1-2(3)4;1-2;;;;;;/h19-40H,5-18H2,1-4H3;3H2,1-2H3;1H3,(H,3,4);1-2H3;6*1H4. The van der Waals surface area contributed by atoms with Crippen molar-refractivity contribution in [3.05, 3.63) is 0 Å². The van der Waals surface area contributed by atoms with Crippen molar-refractivity contribution in [3.63, 3.8) is 0 Å². The molecule has 0 radical (unpaired) electrons. The molecule has 0 amide bonds. The Hall–Kier alpha value is -2.12. The number of hydrogen-bond donors (Lipinski definition) is 1. The highest BCUT2D eigenvalue weighted by Gasteiger charge is 2.73. The number of rotatable bonds is 8. The van der Waals surface area contributed by atoms with Crippen LogP contribution in [0.15, 0.2) is 0 Å². The summed E-state index contributed by atoms with van der Waals surface area (Å²) in [5.41, 5.74) is -1.36. The van der Waals surface area contributed by atoms with Crippen LogP contribution in [0.25, 0.3) is 0 Å². The molecule has 0 saturated heterocycles. The van der Waals surface area contributed by atoms with Crippen LogP contribution < -0.4 is 0 Å². The maximum Gasteiger partial charge on any atom is 0.312 e. The zero-order chi connectivity index (χ0) is 42.7. The number of hydrogen-bond acceptors (Lipinski definition) is 7. The summed E-state index contributed by atoms with van der Waals surface area (Å²) >= 11 is 0. The molecule has 12 saturated carbocycles. The van der Waals surface area contributed by atoms with Crippen molar-refractivity contribution < 1.29 is 38.5 Å². The lowest BCUT2D eigenvalue weighted by Crippen LogP contribution is -2.47. The number of esters is 3. The molecule has 66 heavy (non-hydrogen) atoms. The third-order valence-corrected chi connectivity index (χ3v) is 20.8. The maximum atomic E-state index is 14.2. The van der Waals surface area contributed by atoms with E-state index in [0.29, 0.717) is 31.3 Å². The molecule has 23 atom stereocenters. The largest absolute Gasteiger partial charge is 0.481 e. The van der Waals surface area contributed by atoms with Gasteiger partial charge in [0.1, 0.15) is 12.2 Å². The van der Waals surface area contributed by atoms with E-state index >= 15 is 0 Å². The van der Waals surface area contributed by atoms with Crippen molar-refractivity contribution in [1.29, 1.82) is 0 Å². The Kier molecular flexibility index (Phi) is 18.9. The smallest absolute Gasteiger partial charge is 0.312 e. The van der Waals surface area contributed by atoms with E-state index in [9.17, 15) is 14.4 Å². The fraction of sp³-hybridized carbons (Fsp3) is 0.931. The molecule has 0 aliphatic heterocycles. The molecule has 12 aliphatic carbocycles. The summed E-state index contributed by atoms with van der Waals surface area (Å²) in [6.45, 7) is 17.0. The molecule has 0 heterocycles. The molecular weight excluding hydrogens is 825 g/mol. The fourth-order valence-electron chi connectivity index (χ4n) is 19.9. The number of carboxylic acids is 1. The van der Waals surface area contributed by atoms with E-state index in [4.69, 9.17) is 19.4 Å². The van der Waals surface area contributed by atoms with Crippen LogP contribution in [-0.4, -0.2) is 47.8 Å². The number of aliphatic carboxylic acids is 1. The van der Waals surface area contributed by atoms with E-state index in [1.165, 1.54) is 71.1 Å².